The first-order valence-corrected chi connectivity index (χ1v) is 8.16. The first kappa shape index (κ1) is 16.4. The van der Waals surface area contributed by atoms with Crippen LogP contribution >= 0.6 is 11.8 Å². The molecule has 2 aliphatic heterocycles. The number of thioether (sulfide) groups is 1. The lowest BCUT2D eigenvalue weighted by Crippen LogP contribution is -2.44. The minimum atomic E-state index is -0.902. The maximum absolute atomic E-state index is 12.1. The van der Waals surface area contributed by atoms with E-state index in [9.17, 15) is 14.9 Å². The van der Waals surface area contributed by atoms with E-state index in [0.29, 0.717) is 10.6 Å². The Balaban J connectivity index is 2.16. The van der Waals surface area contributed by atoms with Crippen molar-refractivity contribution < 1.29 is 9.59 Å². The molecule has 0 bridgehead atoms. The summed E-state index contributed by atoms with van der Waals surface area (Å²) in [6.07, 6.45) is 2.05. The number of likely N-dealkylation sites (tertiary alicyclic amines) is 1. The molecule has 22 heavy (non-hydrogen) atoms. The normalized spacial score (nSPS) is 23.7. The first-order chi connectivity index (χ1) is 10.4. The van der Waals surface area contributed by atoms with E-state index in [0.717, 1.165) is 25.9 Å². The number of hydrogen-bond acceptors (Lipinski definition) is 5. The number of carbonyl (C=O) groups is 2. The van der Waals surface area contributed by atoms with E-state index >= 15 is 0 Å². The van der Waals surface area contributed by atoms with Crippen LogP contribution in [0.2, 0.25) is 0 Å². The molecule has 2 heterocycles. The Kier molecular flexibility index (Phi) is 4.77. The predicted octanol–water partition coefficient (Wildman–Crippen LogP) is 1.37. The van der Waals surface area contributed by atoms with Gasteiger partial charge < -0.3 is 10.2 Å². The van der Waals surface area contributed by atoms with E-state index < -0.39 is 17.2 Å². The number of hydrogen-bond donors (Lipinski definition) is 1. The van der Waals surface area contributed by atoms with Crippen LogP contribution in [0.3, 0.4) is 0 Å². The average Bonchev–Trinajstić information content (AvgIpc) is 2.98. The van der Waals surface area contributed by atoms with Crippen molar-refractivity contribution in [3.8, 4) is 12.1 Å². The largest absolute Gasteiger partial charge is 0.342 e. The molecule has 2 rings (SSSR count). The molecule has 7 heteroatoms. The summed E-state index contributed by atoms with van der Waals surface area (Å²) in [5.41, 5.74) is -0.497. The number of nitrogens with one attached hydrogen (secondary N) is 1. The lowest BCUT2D eigenvalue weighted by atomic mass is 9.72. The average molecular weight is 318 g/mol. The highest BCUT2D eigenvalue weighted by molar-refractivity contribution is 8.03. The van der Waals surface area contributed by atoms with Crippen LogP contribution in [0.5, 0.6) is 0 Å². The van der Waals surface area contributed by atoms with Gasteiger partial charge in [-0.3, -0.25) is 9.59 Å². The molecule has 0 aliphatic carbocycles. The predicted molar refractivity (Wildman–Crippen MR) is 81.9 cm³/mol. The zero-order valence-corrected chi connectivity index (χ0v) is 13.5. The summed E-state index contributed by atoms with van der Waals surface area (Å²) in [5, 5.41) is 21.6. The van der Waals surface area contributed by atoms with Crippen molar-refractivity contribution in [1.29, 1.82) is 10.5 Å². The van der Waals surface area contributed by atoms with Crippen LogP contribution in [-0.4, -0.2) is 35.6 Å². The highest BCUT2D eigenvalue weighted by Crippen LogP contribution is 2.41. The fourth-order valence-corrected chi connectivity index (χ4v) is 3.80. The van der Waals surface area contributed by atoms with Crippen LogP contribution in [0.15, 0.2) is 10.6 Å². The molecule has 0 aromatic carbocycles. The van der Waals surface area contributed by atoms with Crippen molar-refractivity contribution in [2.24, 2.45) is 11.3 Å². The summed E-state index contributed by atoms with van der Waals surface area (Å²) in [6.45, 7) is 4.97. The minimum Gasteiger partial charge on any atom is -0.342 e. The molecule has 0 aromatic heterocycles. The second-order valence-corrected chi connectivity index (χ2v) is 6.95. The molecule has 2 aliphatic rings. The van der Waals surface area contributed by atoms with Crippen LogP contribution in [-0.2, 0) is 9.59 Å². The molecule has 1 N–H and O–H groups in total. The molecule has 116 valence electrons. The molecular weight excluding hydrogens is 300 g/mol. The summed E-state index contributed by atoms with van der Waals surface area (Å²) in [4.78, 5) is 25.9. The van der Waals surface area contributed by atoms with Crippen LogP contribution in [0.25, 0.3) is 0 Å². The molecule has 0 aromatic rings. The topological polar surface area (TPSA) is 97.0 Å². The SMILES string of the molecule is CC1(C)C(C#N)=C(SCC(=O)N2CCCC2)NC(=O)[C@@H]1C#N. The standard InChI is InChI=1S/C15H18N4O2S/c1-15(2)10(7-16)13(21)18-14(11(15)8-17)22-9-12(20)19-5-3-4-6-19/h10H,3-6,9H2,1-2H3,(H,18,21)/t10-/m0/s1. The van der Waals surface area contributed by atoms with Crippen molar-refractivity contribution in [3.63, 3.8) is 0 Å². The lowest BCUT2D eigenvalue weighted by molar-refractivity contribution is -0.127. The molecule has 2 amide bonds. The third kappa shape index (κ3) is 2.95. The fourth-order valence-electron chi connectivity index (χ4n) is 2.73. The number of carbonyl (C=O) groups excluding carboxylic acids is 2. The number of nitriles is 2. The second kappa shape index (κ2) is 6.41. The van der Waals surface area contributed by atoms with Gasteiger partial charge in [0.05, 0.1) is 28.5 Å². The molecule has 0 radical (unpaired) electrons. The Morgan fingerprint density at radius 2 is 2.05 bits per heavy atom. The Hall–Kier alpha value is -1.99. The molecule has 1 saturated heterocycles. The molecule has 1 atom stereocenters. The van der Waals surface area contributed by atoms with Crippen LogP contribution in [0, 0.1) is 34.0 Å². The number of rotatable bonds is 3. The van der Waals surface area contributed by atoms with Gasteiger partial charge in [0.2, 0.25) is 11.8 Å². The van der Waals surface area contributed by atoms with Gasteiger partial charge in [-0.2, -0.15) is 10.5 Å². The molecule has 1 fully saturated rings. The van der Waals surface area contributed by atoms with Gasteiger partial charge in [0.25, 0.3) is 0 Å². The van der Waals surface area contributed by atoms with Crippen molar-refractivity contribution in [1.82, 2.24) is 10.2 Å². The summed E-state index contributed by atoms with van der Waals surface area (Å²) in [7, 11) is 0. The van der Waals surface area contributed by atoms with Crippen LogP contribution in [0.4, 0.5) is 0 Å². The van der Waals surface area contributed by atoms with E-state index in [1.165, 1.54) is 11.8 Å². The zero-order valence-electron chi connectivity index (χ0n) is 12.7. The van der Waals surface area contributed by atoms with Crippen molar-refractivity contribution in [2.45, 2.75) is 26.7 Å². The van der Waals surface area contributed by atoms with Gasteiger partial charge in [0.1, 0.15) is 5.92 Å². The fraction of sp³-hybridized carbons (Fsp3) is 0.600. The van der Waals surface area contributed by atoms with E-state index in [1.54, 1.807) is 18.7 Å². The van der Waals surface area contributed by atoms with E-state index in [-0.39, 0.29) is 11.7 Å². The summed E-state index contributed by atoms with van der Waals surface area (Å²) in [6, 6.07) is 4.05. The van der Waals surface area contributed by atoms with Crippen molar-refractivity contribution in [3.05, 3.63) is 10.6 Å². The van der Waals surface area contributed by atoms with Gasteiger partial charge in [-0.1, -0.05) is 25.6 Å². The number of nitrogens with zero attached hydrogens (tertiary/aromatic N) is 3. The van der Waals surface area contributed by atoms with Gasteiger partial charge in [0.15, 0.2) is 0 Å². The molecule has 6 nitrogen and oxygen atoms in total. The monoisotopic (exact) mass is 318 g/mol. The second-order valence-electron chi connectivity index (χ2n) is 5.97. The summed E-state index contributed by atoms with van der Waals surface area (Å²) in [5.74, 6) is -1.11. The van der Waals surface area contributed by atoms with Gasteiger partial charge in [-0.05, 0) is 12.8 Å². The highest BCUT2D eigenvalue weighted by atomic mass is 32.2. The minimum absolute atomic E-state index is 0.0155. The maximum Gasteiger partial charge on any atom is 0.243 e. The van der Waals surface area contributed by atoms with E-state index in [2.05, 4.69) is 11.4 Å². The first-order valence-electron chi connectivity index (χ1n) is 7.17. The summed E-state index contributed by atoms with van der Waals surface area (Å²) >= 11 is 1.17. The Bertz CT molecular complexity index is 606. The van der Waals surface area contributed by atoms with Crippen LogP contribution < -0.4 is 5.32 Å². The van der Waals surface area contributed by atoms with Crippen molar-refractivity contribution >= 4 is 23.6 Å². The zero-order chi connectivity index (χ0) is 16.3. The summed E-state index contributed by atoms with van der Waals surface area (Å²) < 4.78 is 0. The lowest BCUT2D eigenvalue weighted by Gasteiger charge is -2.34. The third-order valence-electron chi connectivity index (χ3n) is 4.13. The van der Waals surface area contributed by atoms with Crippen LogP contribution in [0.1, 0.15) is 26.7 Å². The molecule has 0 saturated carbocycles. The van der Waals surface area contributed by atoms with Gasteiger partial charge in [-0.25, -0.2) is 0 Å². The van der Waals surface area contributed by atoms with E-state index in [1.807, 2.05) is 6.07 Å². The van der Waals surface area contributed by atoms with Gasteiger partial charge in [-0.15, -0.1) is 0 Å². The maximum atomic E-state index is 12.1. The molecule has 0 unspecified atom stereocenters. The Morgan fingerprint density at radius 1 is 1.41 bits per heavy atom. The van der Waals surface area contributed by atoms with E-state index in [4.69, 9.17) is 5.26 Å². The molecule has 0 spiro atoms. The highest BCUT2D eigenvalue weighted by Gasteiger charge is 2.44. The number of allylic oxidation sites excluding steroid dienone is 1. The smallest absolute Gasteiger partial charge is 0.243 e. The van der Waals surface area contributed by atoms with Crippen molar-refractivity contribution in [2.75, 3.05) is 18.8 Å². The quantitative estimate of drug-likeness (QED) is 0.847. The Morgan fingerprint density at radius 3 is 2.59 bits per heavy atom. The number of amides is 2. The molecular formula is C15H18N4O2S. The van der Waals surface area contributed by atoms with Gasteiger partial charge in [0, 0.05) is 18.5 Å². The van der Waals surface area contributed by atoms with Gasteiger partial charge >= 0.3 is 0 Å². The Labute approximate surface area is 134 Å². The third-order valence-corrected chi connectivity index (χ3v) is 5.12.